The molecule has 1 aromatic carbocycles. The fraction of sp³-hybridized carbons (Fsp3) is 0.385. The zero-order chi connectivity index (χ0) is 15.1. The number of alkyl halides is 3. The van der Waals surface area contributed by atoms with E-state index >= 15 is 0 Å². The Morgan fingerprint density at radius 1 is 1.05 bits per heavy atom. The van der Waals surface area contributed by atoms with E-state index in [4.69, 9.17) is 5.73 Å². The van der Waals surface area contributed by atoms with Crippen LogP contribution in [0.15, 0.2) is 24.3 Å². The third kappa shape index (κ3) is 2.61. The fourth-order valence-corrected chi connectivity index (χ4v) is 1.97. The number of rotatable bonds is 1. The van der Waals surface area contributed by atoms with Gasteiger partial charge in [0.05, 0.1) is 16.9 Å². The Morgan fingerprint density at radius 2 is 1.60 bits per heavy atom. The molecule has 7 heteroatoms. The Labute approximate surface area is 114 Å². The van der Waals surface area contributed by atoms with E-state index < -0.39 is 11.7 Å². The minimum absolute atomic E-state index is 0.275. The third-order valence-electron chi connectivity index (χ3n) is 2.85. The van der Waals surface area contributed by atoms with Gasteiger partial charge < -0.3 is 5.73 Å². The SMILES string of the molecule is CC(C)(C)c1c(N)nnn1-c1ccc(C(F)(F)F)cc1. The lowest BCUT2D eigenvalue weighted by Crippen LogP contribution is -2.19. The summed E-state index contributed by atoms with van der Waals surface area (Å²) in [6.45, 7) is 5.80. The maximum absolute atomic E-state index is 12.5. The molecular formula is C13H15F3N4. The van der Waals surface area contributed by atoms with E-state index in [-0.39, 0.29) is 11.2 Å². The highest BCUT2D eigenvalue weighted by Crippen LogP contribution is 2.31. The molecule has 4 nitrogen and oxygen atoms in total. The zero-order valence-electron chi connectivity index (χ0n) is 11.4. The normalized spacial score (nSPS) is 12.7. The summed E-state index contributed by atoms with van der Waals surface area (Å²) in [6.07, 6.45) is -4.35. The topological polar surface area (TPSA) is 56.7 Å². The number of nitrogens with zero attached hydrogens (tertiary/aromatic N) is 3. The Hall–Kier alpha value is -2.05. The zero-order valence-corrected chi connectivity index (χ0v) is 11.4. The van der Waals surface area contributed by atoms with Crippen molar-refractivity contribution in [1.29, 1.82) is 0 Å². The van der Waals surface area contributed by atoms with Crippen molar-refractivity contribution >= 4 is 5.82 Å². The molecule has 2 rings (SSSR count). The Balaban J connectivity index is 2.48. The standard InChI is InChI=1S/C13H15F3N4/c1-12(2,3)10-11(17)18-19-20(10)9-6-4-8(5-7-9)13(14,15)16/h4-7H,17H2,1-3H3. The highest BCUT2D eigenvalue weighted by Gasteiger charge is 2.30. The average Bonchev–Trinajstić information content (AvgIpc) is 2.70. The molecule has 1 heterocycles. The van der Waals surface area contributed by atoms with Crippen molar-refractivity contribution in [2.75, 3.05) is 5.73 Å². The van der Waals surface area contributed by atoms with E-state index in [9.17, 15) is 13.2 Å². The number of nitrogen functional groups attached to an aromatic ring is 1. The van der Waals surface area contributed by atoms with Crippen molar-refractivity contribution < 1.29 is 13.2 Å². The summed E-state index contributed by atoms with van der Waals surface area (Å²) in [4.78, 5) is 0. The Morgan fingerprint density at radius 3 is 2.05 bits per heavy atom. The lowest BCUT2D eigenvalue weighted by molar-refractivity contribution is -0.137. The van der Waals surface area contributed by atoms with Gasteiger partial charge >= 0.3 is 6.18 Å². The molecule has 0 aliphatic heterocycles. The van der Waals surface area contributed by atoms with Crippen molar-refractivity contribution in [2.45, 2.75) is 32.4 Å². The van der Waals surface area contributed by atoms with Gasteiger partial charge in [0.15, 0.2) is 5.82 Å². The molecule has 0 bridgehead atoms. The lowest BCUT2D eigenvalue weighted by atomic mass is 9.91. The molecule has 2 N–H and O–H groups in total. The molecule has 0 radical (unpaired) electrons. The quantitative estimate of drug-likeness (QED) is 0.875. The van der Waals surface area contributed by atoms with Gasteiger partial charge in [0, 0.05) is 5.41 Å². The highest BCUT2D eigenvalue weighted by atomic mass is 19.4. The number of hydrogen-bond acceptors (Lipinski definition) is 3. The lowest BCUT2D eigenvalue weighted by Gasteiger charge is -2.20. The van der Waals surface area contributed by atoms with Gasteiger partial charge in [-0.3, -0.25) is 0 Å². The molecule has 0 amide bonds. The molecule has 108 valence electrons. The number of nitrogens with two attached hydrogens (primary N) is 1. The van der Waals surface area contributed by atoms with Gasteiger partial charge in [-0.1, -0.05) is 26.0 Å². The predicted molar refractivity (Wildman–Crippen MR) is 69.5 cm³/mol. The van der Waals surface area contributed by atoms with Gasteiger partial charge in [0.1, 0.15) is 0 Å². The van der Waals surface area contributed by atoms with Crippen LogP contribution in [0.3, 0.4) is 0 Å². The summed E-state index contributed by atoms with van der Waals surface area (Å²) < 4.78 is 39.1. The van der Waals surface area contributed by atoms with Gasteiger partial charge in [-0.25, -0.2) is 4.68 Å². The number of benzene rings is 1. The molecule has 0 aliphatic carbocycles. The first-order chi connectivity index (χ1) is 9.10. The molecule has 0 unspecified atom stereocenters. The number of aromatic nitrogens is 3. The summed E-state index contributed by atoms with van der Waals surface area (Å²) in [7, 11) is 0. The maximum Gasteiger partial charge on any atom is 0.416 e. The van der Waals surface area contributed by atoms with Crippen LogP contribution in [-0.2, 0) is 11.6 Å². The second kappa shape index (κ2) is 4.50. The number of hydrogen-bond donors (Lipinski definition) is 1. The fourth-order valence-electron chi connectivity index (χ4n) is 1.97. The van der Waals surface area contributed by atoms with Crippen molar-refractivity contribution in [3.05, 3.63) is 35.5 Å². The molecule has 0 aliphatic rings. The smallest absolute Gasteiger partial charge is 0.381 e. The van der Waals surface area contributed by atoms with Gasteiger partial charge in [0.2, 0.25) is 0 Å². The van der Waals surface area contributed by atoms with E-state index in [1.807, 2.05) is 20.8 Å². The molecule has 0 saturated heterocycles. The van der Waals surface area contributed by atoms with Crippen LogP contribution < -0.4 is 5.73 Å². The predicted octanol–water partition coefficient (Wildman–Crippen LogP) is 3.17. The first-order valence-electron chi connectivity index (χ1n) is 6.00. The molecule has 1 aromatic heterocycles. The molecule has 0 fully saturated rings. The maximum atomic E-state index is 12.5. The molecule has 20 heavy (non-hydrogen) atoms. The number of anilines is 1. The molecule has 0 atom stereocenters. The van der Waals surface area contributed by atoms with Crippen LogP contribution >= 0.6 is 0 Å². The van der Waals surface area contributed by atoms with Gasteiger partial charge in [0.25, 0.3) is 0 Å². The average molecular weight is 284 g/mol. The second-order valence-corrected chi connectivity index (χ2v) is 5.53. The van der Waals surface area contributed by atoms with E-state index in [1.54, 1.807) is 0 Å². The monoisotopic (exact) mass is 284 g/mol. The molecule has 0 saturated carbocycles. The van der Waals surface area contributed by atoms with Gasteiger partial charge in [-0.05, 0) is 24.3 Å². The van der Waals surface area contributed by atoms with Crippen LogP contribution in [0.2, 0.25) is 0 Å². The van der Waals surface area contributed by atoms with E-state index in [1.165, 1.54) is 16.8 Å². The van der Waals surface area contributed by atoms with Crippen LogP contribution in [-0.4, -0.2) is 15.0 Å². The Kier molecular flexibility index (Phi) is 3.23. The van der Waals surface area contributed by atoms with Crippen molar-refractivity contribution in [2.24, 2.45) is 0 Å². The molecule has 0 spiro atoms. The highest BCUT2D eigenvalue weighted by molar-refractivity contribution is 5.45. The van der Waals surface area contributed by atoms with Crippen molar-refractivity contribution in [3.8, 4) is 5.69 Å². The van der Waals surface area contributed by atoms with Crippen LogP contribution in [0.4, 0.5) is 19.0 Å². The second-order valence-electron chi connectivity index (χ2n) is 5.53. The molecular weight excluding hydrogens is 269 g/mol. The first-order valence-corrected chi connectivity index (χ1v) is 6.00. The van der Waals surface area contributed by atoms with Crippen LogP contribution in [0.25, 0.3) is 5.69 Å². The third-order valence-corrected chi connectivity index (χ3v) is 2.85. The summed E-state index contributed by atoms with van der Waals surface area (Å²) in [5.74, 6) is 0.275. The minimum Gasteiger partial charge on any atom is -0.381 e. The van der Waals surface area contributed by atoms with Crippen LogP contribution in [0.1, 0.15) is 32.0 Å². The van der Waals surface area contributed by atoms with Crippen LogP contribution in [0.5, 0.6) is 0 Å². The van der Waals surface area contributed by atoms with Gasteiger partial charge in [-0.15, -0.1) is 5.10 Å². The largest absolute Gasteiger partial charge is 0.416 e. The minimum atomic E-state index is -4.35. The Bertz CT molecular complexity index is 606. The van der Waals surface area contributed by atoms with Crippen LogP contribution in [0, 0.1) is 0 Å². The summed E-state index contributed by atoms with van der Waals surface area (Å²) in [6, 6.07) is 4.73. The van der Waals surface area contributed by atoms with E-state index in [0.29, 0.717) is 11.4 Å². The number of halogens is 3. The first kappa shape index (κ1) is 14.4. The van der Waals surface area contributed by atoms with Gasteiger partial charge in [-0.2, -0.15) is 13.2 Å². The summed E-state index contributed by atoms with van der Waals surface area (Å²) in [5.41, 5.74) is 5.92. The summed E-state index contributed by atoms with van der Waals surface area (Å²) in [5, 5.41) is 7.70. The molecule has 2 aromatic rings. The van der Waals surface area contributed by atoms with Crippen molar-refractivity contribution in [3.63, 3.8) is 0 Å². The van der Waals surface area contributed by atoms with E-state index in [2.05, 4.69) is 10.3 Å². The van der Waals surface area contributed by atoms with E-state index in [0.717, 1.165) is 12.1 Å². The summed E-state index contributed by atoms with van der Waals surface area (Å²) >= 11 is 0. The van der Waals surface area contributed by atoms with Crippen molar-refractivity contribution in [1.82, 2.24) is 15.0 Å².